The maximum absolute atomic E-state index is 9.22. The van der Waals surface area contributed by atoms with Crippen molar-refractivity contribution in [2.45, 2.75) is 6.92 Å². The van der Waals surface area contributed by atoms with Crippen LogP contribution in [-0.2, 0) is 26.5 Å². The molecule has 28 valence electrons. The molecule has 0 fully saturated rings. The van der Waals surface area contributed by atoms with Crippen molar-refractivity contribution in [3.05, 3.63) is 0 Å². The van der Waals surface area contributed by atoms with Crippen LogP contribution in [0.1, 0.15) is 6.92 Å². The Morgan fingerprint density at radius 1 is 1.80 bits per heavy atom. The van der Waals surface area contributed by atoms with Crippen LogP contribution in [0.5, 0.6) is 0 Å². The maximum atomic E-state index is 9.22. The molecule has 0 heterocycles. The topological polar surface area (TPSA) is 43.1 Å². The van der Waals surface area contributed by atoms with Gasteiger partial charge < -0.3 is 5.73 Å². The van der Waals surface area contributed by atoms with Crippen molar-refractivity contribution in [3.8, 4) is 0 Å². The summed E-state index contributed by atoms with van der Waals surface area (Å²) < 4.78 is 0. The van der Waals surface area contributed by atoms with Gasteiger partial charge >= 0.3 is 0 Å². The molecule has 5 heavy (non-hydrogen) atoms. The van der Waals surface area contributed by atoms with Gasteiger partial charge in [-0.15, -0.1) is 0 Å². The van der Waals surface area contributed by atoms with Gasteiger partial charge in [0.05, 0.1) is 0 Å². The average molecular weight is 107 g/mol. The van der Waals surface area contributed by atoms with Crippen molar-refractivity contribution < 1.29 is 26.5 Å². The predicted molar refractivity (Wildman–Crippen MR) is 14.9 cm³/mol. The third-order valence-corrected chi connectivity index (χ3v) is 0. The number of carbonyl (C=O) groups excluding carboxylic acids is 1. The molecule has 0 aliphatic rings. The number of amides is 1. The second kappa shape index (κ2) is 4.18. The van der Waals surface area contributed by atoms with Crippen LogP contribution in [0.15, 0.2) is 0 Å². The Hall–Kier alpha value is 0.184. The smallest absolute Gasteiger partial charge is 0.214 e. The summed E-state index contributed by atoms with van der Waals surface area (Å²) in [6.07, 6.45) is 0. The van der Waals surface area contributed by atoms with Gasteiger partial charge in [-0.1, -0.05) is 0 Å². The van der Waals surface area contributed by atoms with Crippen LogP contribution in [0.25, 0.3) is 0 Å². The van der Waals surface area contributed by atoms with Crippen molar-refractivity contribution in [2.24, 2.45) is 5.73 Å². The van der Waals surface area contributed by atoms with E-state index in [-0.39, 0.29) is 27.6 Å². The fourth-order valence-corrected chi connectivity index (χ4v) is 0. The zero-order valence-electron chi connectivity index (χ0n) is 2.99. The van der Waals surface area contributed by atoms with Crippen molar-refractivity contribution in [1.82, 2.24) is 0 Å². The van der Waals surface area contributed by atoms with Gasteiger partial charge in [0.15, 0.2) is 0 Å². The molecular formula is C2H5NOTi. The van der Waals surface area contributed by atoms with E-state index in [2.05, 4.69) is 5.73 Å². The summed E-state index contributed by atoms with van der Waals surface area (Å²) in [5, 5.41) is 0. The molecule has 2 nitrogen and oxygen atoms in total. The summed E-state index contributed by atoms with van der Waals surface area (Å²) in [5.41, 5.74) is 4.47. The van der Waals surface area contributed by atoms with E-state index in [9.17, 15) is 4.79 Å². The molecule has 0 saturated heterocycles. The average Bonchev–Trinajstić information content (AvgIpc) is 0.811. The molecule has 0 radical (unpaired) electrons. The SMILES string of the molecule is CC(N)=O.[Ti]. The van der Waals surface area contributed by atoms with Crippen molar-refractivity contribution >= 4 is 5.91 Å². The fourth-order valence-electron chi connectivity index (χ4n) is 0. The summed E-state index contributed by atoms with van der Waals surface area (Å²) in [6.45, 7) is 1.31. The Balaban J connectivity index is 0. The minimum atomic E-state index is -0.333. The molecule has 0 aromatic carbocycles. The Morgan fingerprint density at radius 3 is 1.80 bits per heavy atom. The third-order valence-electron chi connectivity index (χ3n) is 0. The standard InChI is InChI=1S/C2H5NO.Ti/c1-2(3)4;/h1H3,(H2,3,4);. The molecule has 0 aliphatic carbocycles. The molecule has 0 atom stereocenters. The third kappa shape index (κ3) is 588. The molecule has 1 amide bonds. The van der Waals surface area contributed by atoms with E-state index in [1.54, 1.807) is 0 Å². The Labute approximate surface area is 45.6 Å². The number of hydrogen-bond donors (Lipinski definition) is 1. The number of hydrogen-bond acceptors (Lipinski definition) is 1. The molecule has 0 aromatic rings. The first-order chi connectivity index (χ1) is 1.73. The summed E-state index contributed by atoms with van der Waals surface area (Å²) in [6, 6.07) is 0. The van der Waals surface area contributed by atoms with Crippen LogP contribution < -0.4 is 5.73 Å². The number of nitrogens with two attached hydrogens (primary N) is 1. The van der Waals surface area contributed by atoms with Gasteiger partial charge in [0, 0.05) is 28.6 Å². The first-order valence-corrected chi connectivity index (χ1v) is 0.993. The van der Waals surface area contributed by atoms with Crippen molar-refractivity contribution in [1.29, 1.82) is 0 Å². The molecule has 0 aliphatic heterocycles. The molecule has 0 bridgehead atoms. The van der Waals surface area contributed by atoms with Gasteiger partial charge in [-0.25, -0.2) is 0 Å². The van der Waals surface area contributed by atoms with E-state index in [4.69, 9.17) is 0 Å². The van der Waals surface area contributed by atoms with E-state index in [1.165, 1.54) is 6.92 Å². The predicted octanol–water partition coefficient (Wildman–Crippen LogP) is -0.511. The quantitative estimate of drug-likeness (QED) is 0.416. The van der Waals surface area contributed by atoms with Crippen molar-refractivity contribution in [2.75, 3.05) is 0 Å². The van der Waals surface area contributed by atoms with E-state index in [1.807, 2.05) is 0 Å². The summed E-state index contributed by atoms with van der Waals surface area (Å²) in [4.78, 5) is 9.22. The van der Waals surface area contributed by atoms with Crippen LogP contribution in [0.2, 0.25) is 0 Å². The first kappa shape index (κ1) is 8.95. The van der Waals surface area contributed by atoms with E-state index < -0.39 is 0 Å². The molecule has 0 saturated carbocycles. The van der Waals surface area contributed by atoms with Crippen LogP contribution >= 0.6 is 0 Å². The number of rotatable bonds is 0. The molecule has 3 heteroatoms. The van der Waals surface area contributed by atoms with Crippen molar-refractivity contribution in [3.63, 3.8) is 0 Å². The van der Waals surface area contributed by atoms with Gasteiger partial charge in [0.25, 0.3) is 0 Å². The zero-order valence-corrected chi connectivity index (χ0v) is 4.55. The van der Waals surface area contributed by atoms with Gasteiger partial charge in [0.1, 0.15) is 0 Å². The molecule has 0 rings (SSSR count). The summed E-state index contributed by atoms with van der Waals surface area (Å²) in [5.74, 6) is -0.333. The molecule has 0 aromatic heterocycles. The number of carbonyl (C=O) groups is 1. The second-order valence-corrected chi connectivity index (χ2v) is 0.611. The Bertz CT molecular complexity index is 32.6. The number of primary amides is 1. The van der Waals surface area contributed by atoms with Crippen LogP contribution in [0, 0.1) is 0 Å². The minimum Gasteiger partial charge on any atom is -0.370 e. The molecule has 2 N–H and O–H groups in total. The van der Waals surface area contributed by atoms with Crippen LogP contribution in [-0.4, -0.2) is 5.91 Å². The van der Waals surface area contributed by atoms with Gasteiger partial charge in [-0.2, -0.15) is 0 Å². The van der Waals surface area contributed by atoms with Gasteiger partial charge in [-0.05, 0) is 0 Å². The second-order valence-electron chi connectivity index (χ2n) is 0.611. The van der Waals surface area contributed by atoms with Gasteiger partial charge in [0.2, 0.25) is 5.91 Å². The first-order valence-electron chi connectivity index (χ1n) is 0.993. The van der Waals surface area contributed by atoms with E-state index in [0.29, 0.717) is 0 Å². The Morgan fingerprint density at radius 2 is 1.80 bits per heavy atom. The Kier molecular flexibility index (Phi) is 7.49. The minimum absolute atomic E-state index is 0. The zero-order chi connectivity index (χ0) is 3.58. The van der Waals surface area contributed by atoms with E-state index in [0.717, 1.165) is 0 Å². The fraction of sp³-hybridized carbons (Fsp3) is 0.500. The molecule has 0 spiro atoms. The summed E-state index contributed by atoms with van der Waals surface area (Å²) in [7, 11) is 0. The molecular weight excluding hydrogens is 102 g/mol. The van der Waals surface area contributed by atoms with Crippen LogP contribution in [0.4, 0.5) is 0 Å². The van der Waals surface area contributed by atoms with E-state index >= 15 is 0 Å². The maximum Gasteiger partial charge on any atom is 0.214 e. The normalized spacial score (nSPS) is 5.00. The molecule has 0 unspecified atom stereocenters. The monoisotopic (exact) mass is 107 g/mol. The largest absolute Gasteiger partial charge is 0.370 e. The van der Waals surface area contributed by atoms with Gasteiger partial charge in [-0.3, -0.25) is 4.79 Å². The van der Waals surface area contributed by atoms with Crippen LogP contribution in [0.3, 0.4) is 0 Å². The summed E-state index contributed by atoms with van der Waals surface area (Å²) >= 11 is 0.